The average molecular weight is 299 g/mol. The molecule has 20 heavy (non-hydrogen) atoms. The molecule has 0 fully saturated rings. The SMILES string of the molecule is CCCc1c(CSC)nn(CCC)c1OC(=O)N(C)C. The molecule has 0 bridgehead atoms. The molecule has 0 aliphatic heterocycles. The normalized spacial score (nSPS) is 10.7. The lowest BCUT2D eigenvalue weighted by Crippen LogP contribution is -2.26. The molecule has 0 aliphatic rings. The Morgan fingerprint density at radius 1 is 1.35 bits per heavy atom. The highest BCUT2D eigenvalue weighted by molar-refractivity contribution is 7.97. The average Bonchev–Trinajstić information content (AvgIpc) is 2.69. The van der Waals surface area contributed by atoms with Gasteiger partial charge in [0.15, 0.2) is 0 Å². The van der Waals surface area contributed by atoms with Crippen LogP contribution in [0.2, 0.25) is 0 Å². The Morgan fingerprint density at radius 2 is 2.05 bits per heavy atom. The van der Waals surface area contributed by atoms with E-state index in [4.69, 9.17) is 4.74 Å². The molecule has 0 aromatic carbocycles. The topological polar surface area (TPSA) is 47.4 Å². The Morgan fingerprint density at radius 3 is 2.55 bits per heavy atom. The third-order valence-corrected chi connectivity index (χ3v) is 3.41. The molecular formula is C14H25N3O2S. The Hall–Kier alpha value is -1.17. The number of hydrogen-bond donors (Lipinski definition) is 0. The lowest BCUT2D eigenvalue weighted by Gasteiger charge is -2.13. The number of ether oxygens (including phenoxy) is 1. The smallest absolute Gasteiger partial charge is 0.391 e. The van der Waals surface area contributed by atoms with Gasteiger partial charge >= 0.3 is 6.09 Å². The van der Waals surface area contributed by atoms with Gasteiger partial charge in [0.25, 0.3) is 0 Å². The van der Waals surface area contributed by atoms with Gasteiger partial charge < -0.3 is 9.64 Å². The minimum Gasteiger partial charge on any atom is -0.391 e. The molecule has 0 radical (unpaired) electrons. The summed E-state index contributed by atoms with van der Waals surface area (Å²) in [5.74, 6) is 1.47. The van der Waals surface area contributed by atoms with Crippen LogP contribution in [0.5, 0.6) is 5.88 Å². The Bertz CT molecular complexity index is 444. The van der Waals surface area contributed by atoms with Crippen molar-refractivity contribution < 1.29 is 9.53 Å². The summed E-state index contributed by atoms with van der Waals surface area (Å²) < 4.78 is 7.38. The van der Waals surface area contributed by atoms with Crippen LogP contribution in [0.15, 0.2) is 0 Å². The summed E-state index contributed by atoms with van der Waals surface area (Å²) in [5, 5.41) is 4.62. The maximum atomic E-state index is 11.8. The van der Waals surface area contributed by atoms with E-state index >= 15 is 0 Å². The standard InChI is InChI=1S/C14H25N3O2S/c1-6-8-11-12(10-20-5)15-17(9-7-2)13(11)19-14(18)16(3)4/h6-10H2,1-5H3. The van der Waals surface area contributed by atoms with Gasteiger partial charge in [0, 0.05) is 32.0 Å². The molecule has 1 aromatic rings. The molecule has 1 heterocycles. The fraction of sp³-hybridized carbons (Fsp3) is 0.714. The summed E-state index contributed by atoms with van der Waals surface area (Å²) in [6, 6.07) is 0. The van der Waals surface area contributed by atoms with E-state index in [9.17, 15) is 4.79 Å². The maximum Gasteiger partial charge on any atom is 0.416 e. The van der Waals surface area contributed by atoms with Gasteiger partial charge in [-0.3, -0.25) is 0 Å². The van der Waals surface area contributed by atoms with Crippen molar-refractivity contribution in [2.45, 2.75) is 45.4 Å². The quantitative estimate of drug-likeness (QED) is 0.776. The molecular weight excluding hydrogens is 274 g/mol. The molecule has 0 aliphatic carbocycles. The molecule has 0 saturated carbocycles. The summed E-state index contributed by atoms with van der Waals surface area (Å²) in [6.45, 7) is 4.98. The highest BCUT2D eigenvalue weighted by Crippen LogP contribution is 2.27. The van der Waals surface area contributed by atoms with Crippen LogP contribution in [0.4, 0.5) is 4.79 Å². The van der Waals surface area contributed by atoms with Crippen molar-refractivity contribution in [1.82, 2.24) is 14.7 Å². The minimum absolute atomic E-state index is 0.352. The molecule has 0 saturated heterocycles. The van der Waals surface area contributed by atoms with Crippen LogP contribution in [0, 0.1) is 0 Å². The number of nitrogens with zero attached hydrogens (tertiary/aromatic N) is 3. The van der Waals surface area contributed by atoms with Gasteiger partial charge in [-0.05, 0) is 19.1 Å². The van der Waals surface area contributed by atoms with Crippen molar-refractivity contribution in [2.24, 2.45) is 0 Å². The van der Waals surface area contributed by atoms with E-state index in [1.54, 1.807) is 25.9 Å². The maximum absolute atomic E-state index is 11.8. The third-order valence-electron chi connectivity index (χ3n) is 2.85. The Kier molecular flexibility index (Phi) is 6.91. The van der Waals surface area contributed by atoms with Crippen molar-refractivity contribution in [2.75, 3.05) is 20.4 Å². The molecule has 0 unspecified atom stereocenters. The van der Waals surface area contributed by atoms with E-state index in [2.05, 4.69) is 25.2 Å². The zero-order chi connectivity index (χ0) is 15.1. The number of carbonyl (C=O) groups is 1. The lowest BCUT2D eigenvalue weighted by molar-refractivity contribution is 0.166. The van der Waals surface area contributed by atoms with E-state index < -0.39 is 0 Å². The van der Waals surface area contributed by atoms with Crippen LogP contribution in [-0.2, 0) is 18.7 Å². The van der Waals surface area contributed by atoms with Crippen LogP contribution in [0.3, 0.4) is 0 Å². The highest BCUT2D eigenvalue weighted by atomic mass is 32.2. The second-order valence-corrected chi connectivity index (χ2v) is 5.76. The Labute approximate surface area is 125 Å². The van der Waals surface area contributed by atoms with Gasteiger partial charge in [-0.15, -0.1) is 0 Å². The first-order valence-electron chi connectivity index (χ1n) is 7.01. The number of hydrogen-bond acceptors (Lipinski definition) is 4. The molecule has 114 valence electrons. The molecule has 1 rings (SSSR count). The first-order chi connectivity index (χ1) is 9.54. The van der Waals surface area contributed by atoms with E-state index in [1.165, 1.54) is 4.90 Å². The second-order valence-electron chi connectivity index (χ2n) is 4.90. The van der Waals surface area contributed by atoms with Crippen molar-refractivity contribution >= 4 is 17.9 Å². The van der Waals surface area contributed by atoms with Crippen LogP contribution < -0.4 is 4.74 Å². The van der Waals surface area contributed by atoms with Crippen LogP contribution in [0.1, 0.15) is 37.9 Å². The predicted molar refractivity (Wildman–Crippen MR) is 83.4 cm³/mol. The first-order valence-corrected chi connectivity index (χ1v) is 8.41. The zero-order valence-corrected chi connectivity index (χ0v) is 13.9. The lowest BCUT2D eigenvalue weighted by atomic mass is 10.1. The van der Waals surface area contributed by atoms with Gasteiger partial charge in [0.1, 0.15) is 0 Å². The zero-order valence-electron chi connectivity index (χ0n) is 13.1. The van der Waals surface area contributed by atoms with Crippen LogP contribution >= 0.6 is 11.8 Å². The number of aromatic nitrogens is 2. The van der Waals surface area contributed by atoms with Crippen molar-refractivity contribution in [3.05, 3.63) is 11.3 Å². The first kappa shape index (κ1) is 16.9. The Balaban J connectivity index is 3.16. The molecule has 6 heteroatoms. The number of amides is 1. The van der Waals surface area contributed by atoms with Gasteiger partial charge in [0.05, 0.1) is 5.69 Å². The summed E-state index contributed by atoms with van der Waals surface area (Å²) in [5.41, 5.74) is 2.11. The van der Waals surface area contributed by atoms with Crippen molar-refractivity contribution in [1.29, 1.82) is 0 Å². The summed E-state index contributed by atoms with van der Waals surface area (Å²) in [4.78, 5) is 13.3. The van der Waals surface area contributed by atoms with E-state index in [0.29, 0.717) is 5.88 Å². The van der Waals surface area contributed by atoms with Gasteiger partial charge in [0.2, 0.25) is 5.88 Å². The number of carbonyl (C=O) groups excluding carboxylic acids is 1. The summed E-state index contributed by atoms with van der Waals surface area (Å²) in [6.07, 6.45) is 4.55. The van der Waals surface area contributed by atoms with E-state index in [1.807, 2.05) is 4.68 Å². The van der Waals surface area contributed by atoms with Crippen LogP contribution in [0.25, 0.3) is 0 Å². The summed E-state index contributed by atoms with van der Waals surface area (Å²) in [7, 11) is 3.37. The van der Waals surface area contributed by atoms with Crippen molar-refractivity contribution in [3.63, 3.8) is 0 Å². The number of rotatable bonds is 7. The fourth-order valence-electron chi connectivity index (χ4n) is 1.94. The predicted octanol–water partition coefficient (Wildman–Crippen LogP) is 3.17. The van der Waals surface area contributed by atoms with Gasteiger partial charge in [-0.1, -0.05) is 20.3 Å². The largest absolute Gasteiger partial charge is 0.416 e. The fourth-order valence-corrected chi connectivity index (χ4v) is 2.44. The third kappa shape index (κ3) is 4.16. The van der Waals surface area contributed by atoms with Crippen molar-refractivity contribution in [3.8, 4) is 5.88 Å². The molecule has 0 spiro atoms. The highest BCUT2D eigenvalue weighted by Gasteiger charge is 2.21. The summed E-state index contributed by atoms with van der Waals surface area (Å²) >= 11 is 1.73. The monoisotopic (exact) mass is 299 g/mol. The molecule has 5 nitrogen and oxygen atoms in total. The number of thioether (sulfide) groups is 1. The van der Waals surface area contributed by atoms with Gasteiger partial charge in [-0.2, -0.15) is 16.9 Å². The van der Waals surface area contributed by atoms with E-state index in [0.717, 1.165) is 42.8 Å². The number of aryl methyl sites for hydroxylation is 1. The molecule has 1 aromatic heterocycles. The van der Waals surface area contributed by atoms with Crippen LogP contribution in [-0.4, -0.2) is 41.1 Å². The molecule has 0 N–H and O–H groups in total. The second kappa shape index (κ2) is 8.19. The molecule has 1 amide bonds. The van der Waals surface area contributed by atoms with E-state index in [-0.39, 0.29) is 6.09 Å². The van der Waals surface area contributed by atoms with Gasteiger partial charge in [-0.25, -0.2) is 9.48 Å². The minimum atomic E-state index is -0.352. The molecule has 0 atom stereocenters.